The van der Waals surface area contributed by atoms with Crippen LogP contribution in [0.25, 0.3) is 0 Å². The van der Waals surface area contributed by atoms with Crippen LogP contribution in [0.3, 0.4) is 0 Å². The molecule has 2 aromatic rings. The van der Waals surface area contributed by atoms with Crippen LogP contribution in [0.15, 0.2) is 48.5 Å². The number of aromatic carboxylic acids is 1. The molecular formula is C21H24N2O4. The molecule has 2 amide bonds. The normalized spacial score (nSPS) is 10.3. The van der Waals surface area contributed by atoms with E-state index in [-0.39, 0.29) is 23.8 Å². The molecule has 0 fully saturated rings. The Bertz CT molecular complexity index is 811. The van der Waals surface area contributed by atoms with E-state index >= 15 is 0 Å². The maximum absolute atomic E-state index is 12.3. The summed E-state index contributed by atoms with van der Waals surface area (Å²) in [5.74, 6) is -1.32. The van der Waals surface area contributed by atoms with E-state index in [1.54, 1.807) is 35.2 Å². The van der Waals surface area contributed by atoms with Gasteiger partial charge in [-0.05, 0) is 43.2 Å². The van der Waals surface area contributed by atoms with Crippen LogP contribution >= 0.6 is 0 Å². The summed E-state index contributed by atoms with van der Waals surface area (Å²) in [5, 5.41) is 11.9. The fourth-order valence-electron chi connectivity index (χ4n) is 2.78. The zero-order chi connectivity index (χ0) is 19.8. The number of nitrogens with zero attached hydrogens (tertiary/aromatic N) is 1. The molecule has 142 valence electrons. The quantitative estimate of drug-likeness (QED) is 0.750. The fraction of sp³-hybridized carbons (Fsp3) is 0.286. The van der Waals surface area contributed by atoms with Gasteiger partial charge >= 0.3 is 5.97 Å². The Morgan fingerprint density at radius 1 is 0.963 bits per heavy atom. The van der Waals surface area contributed by atoms with E-state index in [0.29, 0.717) is 30.8 Å². The van der Waals surface area contributed by atoms with Gasteiger partial charge in [0, 0.05) is 25.2 Å². The van der Waals surface area contributed by atoms with Crippen LogP contribution in [0.4, 0.5) is 0 Å². The molecule has 27 heavy (non-hydrogen) atoms. The molecule has 2 aromatic carbocycles. The summed E-state index contributed by atoms with van der Waals surface area (Å²) in [6.45, 7) is 5.51. The molecule has 2 rings (SSSR count). The van der Waals surface area contributed by atoms with E-state index < -0.39 is 5.97 Å². The molecule has 0 saturated heterocycles. The van der Waals surface area contributed by atoms with Crippen molar-refractivity contribution in [2.24, 2.45) is 0 Å². The first-order chi connectivity index (χ1) is 13.0. The molecule has 0 heterocycles. The van der Waals surface area contributed by atoms with Gasteiger partial charge < -0.3 is 15.3 Å². The molecule has 0 aliphatic rings. The third-order valence-corrected chi connectivity index (χ3v) is 4.34. The molecule has 2 N–H and O–H groups in total. The van der Waals surface area contributed by atoms with Gasteiger partial charge in [0.25, 0.3) is 5.91 Å². The molecule has 0 unspecified atom stereocenters. The highest BCUT2D eigenvalue weighted by Gasteiger charge is 2.13. The second-order valence-electron chi connectivity index (χ2n) is 6.09. The topological polar surface area (TPSA) is 86.7 Å². The van der Waals surface area contributed by atoms with Crippen LogP contribution in [0.2, 0.25) is 0 Å². The van der Waals surface area contributed by atoms with E-state index in [9.17, 15) is 14.4 Å². The molecule has 0 bridgehead atoms. The van der Waals surface area contributed by atoms with Crippen LogP contribution in [-0.4, -0.2) is 40.9 Å². The number of benzene rings is 2. The van der Waals surface area contributed by atoms with Crippen LogP contribution in [0, 0.1) is 0 Å². The zero-order valence-corrected chi connectivity index (χ0v) is 15.6. The minimum Gasteiger partial charge on any atom is -0.478 e. The Labute approximate surface area is 158 Å². The zero-order valence-electron chi connectivity index (χ0n) is 15.6. The first-order valence-corrected chi connectivity index (χ1v) is 8.92. The van der Waals surface area contributed by atoms with Gasteiger partial charge in [0.05, 0.1) is 12.0 Å². The molecule has 0 spiro atoms. The highest BCUT2D eigenvalue weighted by molar-refractivity contribution is 5.94. The highest BCUT2D eigenvalue weighted by Crippen LogP contribution is 2.11. The first kappa shape index (κ1) is 20.2. The van der Waals surface area contributed by atoms with Crippen molar-refractivity contribution < 1.29 is 19.5 Å². The van der Waals surface area contributed by atoms with E-state index in [2.05, 4.69) is 5.32 Å². The standard InChI is InChI=1S/C21H24N2O4/c1-3-23(4-2)20(25)16-11-9-15(10-12-16)14-22-19(24)13-17-7-5-6-8-18(17)21(26)27/h5-12H,3-4,13-14H2,1-2H3,(H,22,24)(H,26,27). The van der Waals surface area contributed by atoms with Crippen molar-refractivity contribution in [3.63, 3.8) is 0 Å². The Morgan fingerprint density at radius 3 is 2.19 bits per heavy atom. The largest absolute Gasteiger partial charge is 0.478 e. The number of carbonyl (C=O) groups excluding carboxylic acids is 2. The Kier molecular flexibility index (Phi) is 7.11. The third kappa shape index (κ3) is 5.41. The van der Waals surface area contributed by atoms with Gasteiger partial charge in [0.1, 0.15) is 0 Å². The molecule has 6 heteroatoms. The van der Waals surface area contributed by atoms with Gasteiger partial charge in [-0.1, -0.05) is 30.3 Å². The van der Waals surface area contributed by atoms with Crippen molar-refractivity contribution >= 4 is 17.8 Å². The second-order valence-corrected chi connectivity index (χ2v) is 6.09. The predicted molar refractivity (Wildman–Crippen MR) is 103 cm³/mol. The summed E-state index contributed by atoms with van der Waals surface area (Å²) < 4.78 is 0. The fourth-order valence-corrected chi connectivity index (χ4v) is 2.78. The number of carboxylic acids is 1. The van der Waals surface area contributed by atoms with Crippen LogP contribution in [0.1, 0.15) is 45.7 Å². The SMILES string of the molecule is CCN(CC)C(=O)c1ccc(CNC(=O)Cc2ccccc2C(=O)O)cc1. The number of nitrogens with one attached hydrogen (secondary N) is 1. The molecule has 0 aliphatic heterocycles. The Balaban J connectivity index is 1.94. The summed E-state index contributed by atoms with van der Waals surface area (Å²) >= 11 is 0. The second kappa shape index (κ2) is 9.52. The average molecular weight is 368 g/mol. The highest BCUT2D eigenvalue weighted by atomic mass is 16.4. The summed E-state index contributed by atoms with van der Waals surface area (Å²) in [7, 11) is 0. The van der Waals surface area contributed by atoms with E-state index in [0.717, 1.165) is 5.56 Å². The third-order valence-electron chi connectivity index (χ3n) is 4.34. The number of hydrogen-bond acceptors (Lipinski definition) is 3. The average Bonchev–Trinajstić information content (AvgIpc) is 2.68. The molecule has 0 saturated carbocycles. The van der Waals surface area contributed by atoms with Gasteiger partial charge in [0.15, 0.2) is 0 Å². The van der Waals surface area contributed by atoms with E-state index in [1.807, 2.05) is 26.0 Å². The lowest BCUT2D eigenvalue weighted by molar-refractivity contribution is -0.120. The molecule has 0 radical (unpaired) electrons. The van der Waals surface area contributed by atoms with Crippen molar-refractivity contribution in [3.8, 4) is 0 Å². The number of rotatable bonds is 8. The maximum Gasteiger partial charge on any atom is 0.335 e. The van der Waals surface area contributed by atoms with Crippen molar-refractivity contribution in [1.29, 1.82) is 0 Å². The minimum absolute atomic E-state index is 0.000995. The van der Waals surface area contributed by atoms with Crippen LogP contribution < -0.4 is 5.32 Å². The Morgan fingerprint density at radius 2 is 1.59 bits per heavy atom. The number of amides is 2. The molecule has 6 nitrogen and oxygen atoms in total. The first-order valence-electron chi connectivity index (χ1n) is 8.92. The molecule has 0 aliphatic carbocycles. The lowest BCUT2D eigenvalue weighted by Crippen LogP contribution is -2.30. The van der Waals surface area contributed by atoms with Crippen molar-refractivity contribution in [1.82, 2.24) is 10.2 Å². The van der Waals surface area contributed by atoms with Crippen LogP contribution in [-0.2, 0) is 17.8 Å². The number of carboxylic acid groups (broad SMARTS) is 1. The molecular weight excluding hydrogens is 344 g/mol. The summed E-state index contributed by atoms with van der Waals surface area (Å²) in [4.78, 5) is 37.4. The van der Waals surface area contributed by atoms with Gasteiger partial charge in [-0.25, -0.2) is 4.79 Å². The summed E-state index contributed by atoms with van der Waals surface area (Å²) in [6, 6.07) is 13.6. The van der Waals surface area contributed by atoms with Crippen molar-refractivity contribution in [2.75, 3.05) is 13.1 Å². The van der Waals surface area contributed by atoms with E-state index in [1.165, 1.54) is 6.07 Å². The Hall–Kier alpha value is -3.15. The summed E-state index contributed by atoms with van der Waals surface area (Å²) in [5.41, 5.74) is 2.09. The molecule has 0 atom stereocenters. The maximum atomic E-state index is 12.3. The minimum atomic E-state index is -1.05. The van der Waals surface area contributed by atoms with Crippen LogP contribution in [0.5, 0.6) is 0 Å². The van der Waals surface area contributed by atoms with Gasteiger partial charge in [-0.3, -0.25) is 9.59 Å². The van der Waals surface area contributed by atoms with Crippen molar-refractivity contribution in [3.05, 3.63) is 70.8 Å². The van der Waals surface area contributed by atoms with Gasteiger partial charge in [0.2, 0.25) is 5.91 Å². The lowest BCUT2D eigenvalue weighted by atomic mass is 10.0. The van der Waals surface area contributed by atoms with Gasteiger partial charge in [-0.15, -0.1) is 0 Å². The predicted octanol–water partition coefficient (Wildman–Crippen LogP) is 2.73. The van der Waals surface area contributed by atoms with E-state index in [4.69, 9.17) is 5.11 Å². The summed E-state index contributed by atoms with van der Waals surface area (Å²) in [6.07, 6.45) is 0.000995. The number of carbonyl (C=O) groups is 3. The smallest absolute Gasteiger partial charge is 0.335 e. The number of hydrogen-bond donors (Lipinski definition) is 2. The lowest BCUT2D eigenvalue weighted by Gasteiger charge is -2.18. The molecule has 0 aromatic heterocycles. The van der Waals surface area contributed by atoms with Crippen molar-refractivity contribution in [2.45, 2.75) is 26.8 Å². The monoisotopic (exact) mass is 368 g/mol. The van der Waals surface area contributed by atoms with Gasteiger partial charge in [-0.2, -0.15) is 0 Å².